The molecule has 1 aromatic carbocycles. The van der Waals surface area contributed by atoms with Gasteiger partial charge in [-0.2, -0.15) is 0 Å². The summed E-state index contributed by atoms with van der Waals surface area (Å²) in [4.78, 5) is 38.5. The van der Waals surface area contributed by atoms with E-state index in [1.54, 1.807) is 17.3 Å². The SMILES string of the molecule is CC(C)(C)OC(=O)N1CC[C@H]([C@H](Cc2ncc(Br)cn2)C(=O)N2C(O)OC[C@@H]2Cc2ccccc2)C1. The lowest BCUT2D eigenvalue weighted by Gasteiger charge is -2.32. The minimum atomic E-state index is -1.32. The number of nitrogens with zero attached hydrogens (tertiary/aromatic N) is 4. The number of amides is 2. The molecule has 0 bridgehead atoms. The van der Waals surface area contributed by atoms with Crippen molar-refractivity contribution in [3.05, 3.63) is 58.6 Å². The molecule has 2 amide bonds. The second-order valence-electron chi connectivity index (χ2n) is 10.4. The second-order valence-corrected chi connectivity index (χ2v) is 11.3. The lowest BCUT2D eigenvalue weighted by atomic mass is 9.86. The third-order valence-electron chi connectivity index (χ3n) is 6.48. The van der Waals surface area contributed by atoms with E-state index in [0.717, 1.165) is 10.0 Å². The van der Waals surface area contributed by atoms with Gasteiger partial charge in [-0.15, -0.1) is 0 Å². The summed E-state index contributed by atoms with van der Waals surface area (Å²) in [5.41, 5.74) is 0.458. The molecular formula is C26H33BrN4O5. The highest BCUT2D eigenvalue weighted by atomic mass is 79.9. The highest BCUT2D eigenvalue weighted by molar-refractivity contribution is 9.10. The molecule has 2 saturated heterocycles. The van der Waals surface area contributed by atoms with Crippen molar-refractivity contribution in [2.24, 2.45) is 11.8 Å². The number of hydrogen-bond acceptors (Lipinski definition) is 7. The van der Waals surface area contributed by atoms with E-state index >= 15 is 0 Å². The van der Waals surface area contributed by atoms with E-state index in [1.807, 2.05) is 51.1 Å². The Morgan fingerprint density at radius 2 is 1.92 bits per heavy atom. The number of ether oxygens (including phenoxy) is 2. The van der Waals surface area contributed by atoms with E-state index in [2.05, 4.69) is 25.9 Å². The first-order valence-corrected chi connectivity index (χ1v) is 13.0. The van der Waals surface area contributed by atoms with Gasteiger partial charge in [-0.3, -0.25) is 9.69 Å². The molecular weight excluding hydrogens is 528 g/mol. The summed E-state index contributed by atoms with van der Waals surface area (Å²) in [6.07, 6.45) is 3.10. The molecule has 2 aliphatic heterocycles. The van der Waals surface area contributed by atoms with E-state index in [4.69, 9.17) is 9.47 Å². The summed E-state index contributed by atoms with van der Waals surface area (Å²) >= 11 is 3.35. The molecule has 2 aromatic rings. The van der Waals surface area contributed by atoms with Crippen LogP contribution in [-0.4, -0.2) is 74.6 Å². The third-order valence-corrected chi connectivity index (χ3v) is 6.89. The van der Waals surface area contributed by atoms with Gasteiger partial charge in [0.05, 0.1) is 17.1 Å². The Kier molecular flexibility index (Phi) is 8.27. The molecule has 0 spiro atoms. The van der Waals surface area contributed by atoms with E-state index < -0.39 is 17.9 Å². The Morgan fingerprint density at radius 3 is 2.58 bits per heavy atom. The van der Waals surface area contributed by atoms with E-state index in [9.17, 15) is 14.7 Å². The number of halogens is 1. The van der Waals surface area contributed by atoms with Crippen molar-refractivity contribution in [1.29, 1.82) is 0 Å². The maximum Gasteiger partial charge on any atom is 0.410 e. The van der Waals surface area contributed by atoms with Gasteiger partial charge in [0.15, 0.2) is 0 Å². The van der Waals surface area contributed by atoms with Crippen molar-refractivity contribution < 1.29 is 24.2 Å². The predicted molar refractivity (Wildman–Crippen MR) is 136 cm³/mol. The zero-order valence-corrected chi connectivity index (χ0v) is 22.4. The summed E-state index contributed by atoms with van der Waals surface area (Å²) in [5.74, 6) is -0.361. The van der Waals surface area contributed by atoms with Crippen LogP contribution in [0.4, 0.5) is 4.79 Å². The highest BCUT2D eigenvalue weighted by Gasteiger charge is 2.44. The number of rotatable bonds is 6. The van der Waals surface area contributed by atoms with Crippen LogP contribution in [-0.2, 0) is 27.1 Å². The van der Waals surface area contributed by atoms with Crippen molar-refractivity contribution in [3.63, 3.8) is 0 Å². The molecule has 9 nitrogen and oxygen atoms in total. The number of hydrogen-bond donors (Lipinski definition) is 1. The van der Waals surface area contributed by atoms with Crippen molar-refractivity contribution in [3.8, 4) is 0 Å². The van der Waals surface area contributed by atoms with Crippen molar-refractivity contribution in [2.75, 3.05) is 19.7 Å². The van der Waals surface area contributed by atoms with Gasteiger partial charge in [-0.05, 0) is 61.0 Å². The van der Waals surface area contributed by atoms with Crippen LogP contribution in [0.25, 0.3) is 0 Å². The molecule has 0 saturated carbocycles. The summed E-state index contributed by atoms with van der Waals surface area (Å²) < 4.78 is 11.8. The van der Waals surface area contributed by atoms with Gasteiger partial charge >= 0.3 is 6.09 Å². The molecule has 36 heavy (non-hydrogen) atoms. The zero-order valence-electron chi connectivity index (χ0n) is 20.8. The molecule has 10 heteroatoms. The summed E-state index contributed by atoms with van der Waals surface area (Å²) in [6.45, 7) is 6.62. The largest absolute Gasteiger partial charge is 0.444 e. The van der Waals surface area contributed by atoms with Crippen LogP contribution in [0.5, 0.6) is 0 Å². The van der Waals surface area contributed by atoms with Gasteiger partial charge in [0.1, 0.15) is 11.4 Å². The molecule has 194 valence electrons. The van der Waals surface area contributed by atoms with Gasteiger partial charge in [0, 0.05) is 37.8 Å². The number of aliphatic hydroxyl groups excluding tert-OH is 1. The number of benzene rings is 1. The van der Waals surface area contributed by atoms with Crippen molar-refractivity contribution >= 4 is 27.9 Å². The van der Waals surface area contributed by atoms with Crippen LogP contribution < -0.4 is 0 Å². The molecule has 3 heterocycles. The molecule has 4 rings (SSSR count). The van der Waals surface area contributed by atoms with Gasteiger partial charge in [-0.1, -0.05) is 30.3 Å². The van der Waals surface area contributed by atoms with E-state index in [-0.39, 0.29) is 30.6 Å². The van der Waals surface area contributed by atoms with Gasteiger partial charge < -0.3 is 19.5 Å². The topological polar surface area (TPSA) is 105 Å². The Labute approximate surface area is 219 Å². The summed E-state index contributed by atoms with van der Waals surface area (Å²) in [5, 5.41) is 10.6. The van der Waals surface area contributed by atoms with Crippen LogP contribution in [0.15, 0.2) is 47.2 Å². The number of likely N-dealkylation sites (tertiary alicyclic amines) is 1. The van der Waals surface area contributed by atoms with E-state index in [0.29, 0.717) is 38.2 Å². The standard InChI is InChI=1S/C26H33BrN4O5/c1-26(2,3)36-24(33)30-10-9-18(15-30)21(12-22-28-13-19(27)14-29-22)23(32)31-20(16-35-25(31)34)11-17-7-5-4-6-8-17/h4-8,13-14,18,20-21,25,34H,9-12,15-16H2,1-3H3/t18-,20-,21-,25?/m0/s1. The second kappa shape index (κ2) is 11.2. The third kappa shape index (κ3) is 6.60. The zero-order chi connectivity index (χ0) is 25.9. The average Bonchev–Trinajstić information content (AvgIpc) is 3.45. The van der Waals surface area contributed by atoms with Crippen molar-refractivity contribution in [1.82, 2.24) is 19.8 Å². The number of carbonyl (C=O) groups is 2. The lowest BCUT2D eigenvalue weighted by Crippen LogP contribution is -2.48. The normalized spacial score (nSPS) is 23.1. The molecule has 1 aromatic heterocycles. The van der Waals surface area contributed by atoms with Crippen molar-refractivity contribution in [2.45, 2.75) is 58.1 Å². The first-order valence-electron chi connectivity index (χ1n) is 12.2. The van der Waals surface area contributed by atoms with Crippen LogP contribution in [0.3, 0.4) is 0 Å². The fourth-order valence-corrected chi connectivity index (χ4v) is 4.97. The number of aromatic nitrogens is 2. The Balaban J connectivity index is 1.55. The molecule has 2 aliphatic rings. The fraction of sp³-hybridized carbons (Fsp3) is 0.538. The monoisotopic (exact) mass is 560 g/mol. The van der Waals surface area contributed by atoms with E-state index in [1.165, 1.54) is 4.90 Å². The molecule has 4 atom stereocenters. The summed E-state index contributed by atoms with van der Waals surface area (Å²) in [7, 11) is 0. The quantitative estimate of drug-likeness (QED) is 0.577. The number of carbonyl (C=O) groups excluding carboxylic acids is 2. The lowest BCUT2D eigenvalue weighted by molar-refractivity contribution is -0.170. The van der Waals surface area contributed by atoms with Crippen LogP contribution >= 0.6 is 15.9 Å². The highest BCUT2D eigenvalue weighted by Crippen LogP contribution is 2.32. The van der Waals surface area contributed by atoms with Gasteiger partial charge in [0.2, 0.25) is 12.3 Å². The first-order chi connectivity index (χ1) is 17.1. The van der Waals surface area contributed by atoms with Crippen LogP contribution in [0, 0.1) is 11.8 Å². The first kappa shape index (κ1) is 26.5. The Bertz CT molecular complexity index is 1050. The molecule has 0 radical (unpaired) electrons. The van der Waals surface area contributed by atoms with Crippen LogP contribution in [0.2, 0.25) is 0 Å². The van der Waals surface area contributed by atoms with Crippen LogP contribution in [0.1, 0.15) is 38.6 Å². The Morgan fingerprint density at radius 1 is 1.22 bits per heavy atom. The minimum absolute atomic E-state index is 0.137. The average molecular weight is 561 g/mol. The smallest absolute Gasteiger partial charge is 0.410 e. The summed E-state index contributed by atoms with van der Waals surface area (Å²) in [6, 6.07) is 9.53. The molecule has 1 N–H and O–H groups in total. The molecule has 2 fully saturated rings. The van der Waals surface area contributed by atoms with Gasteiger partial charge in [-0.25, -0.2) is 14.8 Å². The number of aliphatic hydroxyl groups is 1. The Hall–Kier alpha value is -2.56. The predicted octanol–water partition coefficient (Wildman–Crippen LogP) is 3.40. The minimum Gasteiger partial charge on any atom is -0.444 e. The molecule has 1 unspecified atom stereocenters. The maximum absolute atomic E-state index is 14.0. The molecule has 0 aliphatic carbocycles. The van der Waals surface area contributed by atoms with Gasteiger partial charge in [0.25, 0.3) is 0 Å². The fourth-order valence-electron chi connectivity index (χ4n) is 4.77. The maximum atomic E-state index is 14.0.